The fourth-order valence-corrected chi connectivity index (χ4v) is 4.78. The van der Waals surface area contributed by atoms with E-state index in [1.54, 1.807) is 16.2 Å². The van der Waals surface area contributed by atoms with Crippen molar-refractivity contribution < 1.29 is 14.6 Å². The highest BCUT2D eigenvalue weighted by Gasteiger charge is 2.25. The number of aromatic nitrogens is 1. The maximum Gasteiger partial charge on any atom is 0.275 e. The van der Waals surface area contributed by atoms with Gasteiger partial charge < -0.3 is 15.1 Å². The first kappa shape index (κ1) is 19.3. The highest BCUT2D eigenvalue weighted by molar-refractivity contribution is 7.18. The topological polar surface area (TPSA) is 50.9 Å². The lowest BCUT2D eigenvalue weighted by Gasteiger charge is -2.28. The van der Waals surface area contributed by atoms with Gasteiger partial charge in [-0.05, 0) is 29.8 Å². The van der Waals surface area contributed by atoms with Gasteiger partial charge in [0.1, 0.15) is 37.7 Å². The van der Waals surface area contributed by atoms with Crippen molar-refractivity contribution in [1.82, 2.24) is 10.3 Å². The van der Waals surface area contributed by atoms with Crippen molar-refractivity contribution in [3.05, 3.63) is 64.1 Å². The second-order valence-electron chi connectivity index (χ2n) is 7.33. The summed E-state index contributed by atoms with van der Waals surface area (Å²) in [5, 5.41) is 4.94. The Morgan fingerprint density at radius 2 is 1.75 bits per heavy atom. The van der Waals surface area contributed by atoms with E-state index < -0.39 is 0 Å². The summed E-state index contributed by atoms with van der Waals surface area (Å²) in [5.74, 6) is 0.111. The summed E-state index contributed by atoms with van der Waals surface area (Å²) in [4.78, 5) is 19.9. The number of rotatable bonds is 6. The molecule has 1 aliphatic heterocycles. The van der Waals surface area contributed by atoms with Gasteiger partial charge >= 0.3 is 0 Å². The molecule has 1 amide bonds. The molecule has 0 aliphatic carbocycles. The first-order valence-electron chi connectivity index (χ1n) is 9.68. The number of quaternary nitrogens is 2. The molecule has 1 aromatic heterocycles. The fourth-order valence-electron chi connectivity index (χ4n) is 3.61. The van der Waals surface area contributed by atoms with E-state index in [2.05, 4.69) is 23.5 Å². The number of hydrogen-bond donors (Lipinski definition) is 3. The largest absolute Gasteiger partial charge is 0.347 e. The van der Waals surface area contributed by atoms with E-state index in [1.807, 2.05) is 30.3 Å². The Kier molecular flexibility index (Phi) is 6.22. The predicted molar refractivity (Wildman–Crippen MR) is 113 cm³/mol. The van der Waals surface area contributed by atoms with Crippen LogP contribution < -0.4 is 15.1 Å². The minimum absolute atomic E-state index is 0.111. The van der Waals surface area contributed by atoms with Crippen molar-refractivity contribution in [3.63, 3.8) is 0 Å². The summed E-state index contributed by atoms with van der Waals surface area (Å²) in [6.07, 6.45) is 0. The maximum absolute atomic E-state index is 12.3. The molecule has 1 saturated heterocycles. The molecule has 3 N–H and O–H groups in total. The third-order valence-corrected chi connectivity index (χ3v) is 6.51. The van der Waals surface area contributed by atoms with Gasteiger partial charge in [-0.3, -0.25) is 4.79 Å². The normalized spacial score (nSPS) is 19.6. The van der Waals surface area contributed by atoms with Crippen LogP contribution in [0.5, 0.6) is 0 Å². The number of piperazine rings is 1. The number of amides is 1. The molecule has 28 heavy (non-hydrogen) atoms. The standard InChI is InChI=1S/C21H23ClN4OS/c22-17-7-5-16(6-8-17)13-23-20(27)14-25-9-11-26(12-10-25)15-21-24-18-3-1-2-4-19(18)28-21/h1-8H,9-15H2,(H,23,27)/p+2. The minimum Gasteiger partial charge on any atom is -0.347 e. The van der Waals surface area contributed by atoms with Crippen LogP contribution in [0, 0.1) is 0 Å². The van der Waals surface area contributed by atoms with Crippen molar-refractivity contribution in [3.8, 4) is 0 Å². The number of para-hydroxylation sites is 1. The van der Waals surface area contributed by atoms with Crippen LogP contribution in [0.4, 0.5) is 0 Å². The van der Waals surface area contributed by atoms with Crippen LogP contribution in [-0.2, 0) is 17.9 Å². The Bertz CT molecular complexity index is 902. The number of nitrogens with zero attached hydrogens (tertiary/aromatic N) is 1. The van der Waals surface area contributed by atoms with Gasteiger partial charge in [0.05, 0.1) is 10.2 Å². The summed E-state index contributed by atoms with van der Waals surface area (Å²) >= 11 is 7.69. The van der Waals surface area contributed by atoms with E-state index in [9.17, 15) is 4.79 Å². The molecule has 0 radical (unpaired) electrons. The van der Waals surface area contributed by atoms with Crippen LogP contribution in [0.15, 0.2) is 48.5 Å². The van der Waals surface area contributed by atoms with Crippen LogP contribution in [-0.4, -0.2) is 43.6 Å². The van der Waals surface area contributed by atoms with E-state index in [0.717, 1.165) is 43.8 Å². The van der Waals surface area contributed by atoms with Crippen LogP contribution in [0.3, 0.4) is 0 Å². The minimum atomic E-state index is 0.111. The number of nitrogens with one attached hydrogen (secondary N) is 3. The van der Waals surface area contributed by atoms with Gasteiger partial charge in [0.25, 0.3) is 5.91 Å². The van der Waals surface area contributed by atoms with E-state index in [1.165, 1.54) is 14.6 Å². The second-order valence-corrected chi connectivity index (χ2v) is 8.88. The Morgan fingerprint density at radius 3 is 2.50 bits per heavy atom. The van der Waals surface area contributed by atoms with Crippen molar-refractivity contribution in [2.75, 3.05) is 32.7 Å². The third-order valence-electron chi connectivity index (χ3n) is 5.22. The van der Waals surface area contributed by atoms with Gasteiger partial charge in [-0.1, -0.05) is 35.9 Å². The summed E-state index contributed by atoms with van der Waals surface area (Å²) in [6, 6.07) is 15.9. The molecule has 2 aromatic carbocycles. The lowest BCUT2D eigenvalue weighted by Crippen LogP contribution is -3.28. The molecule has 0 unspecified atom stereocenters. The molecule has 146 valence electrons. The molecule has 0 atom stereocenters. The summed E-state index contributed by atoms with van der Waals surface area (Å²) in [5.41, 5.74) is 2.17. The van der Waals surface area contributed by atoms with Crippen molar-refractivity contribution >= 4 is 39.1 Å². The number of benzene rings is 2. The first-order chi connectivity index (χ1) is 13.7. The molecule has 0 spiro atoms. The van der Waals surface area contributed by atoms with Crippen molar-refractivity contribution in [2.24, 2.45) is 0 Å². The Hall–Kier alpha value is -1.99. The zero-order valence-corrected chi connectivity index (χ0v) is 17.3. The van der Waals surface area contributed by atoms with E-state index in [0.29, 0.717) is 18.1 Å². The quantitative estimate of drug-likeness (QED) is 0.549. The highest BCUT2D eigenvalue weighted by atomic mass is 35.5. The molecule has 1 aliphatic rings. The lowest BCUT2D eigenvalue weighted by atomic mass is 10.2. The molecule has 2 heterocycles. The Balaban J connectivity index is 1.20. The molecule has 4 rings (SSSR count). The van der Waals surface area contributed by atoms with Gasteiger partial charge in [0, 0.05) is 11.6 Å². The van der Waals surface area contributed by atoms with Crippen molar-refractivity contribution in [2.45, 2.75) is 13.1 Å². The number of fused-ring (bicyclic) bond motifs is 1. The number of hydrogen-bond acceptors (Lipinski definition) is 3. The first-order valence-corrected chi connectivity index (χ1v) is 10.9. The van der Waals surface area contributed by atoms with Crippen molar-refractivity contribution in [1.29, 1.82) is 0 Å². The summed E-state index contributed by atoms with van der Waals surface area (Å²) in [6.45, 7) is 6.28. The monoisotopic (exact) mass is 416 g/mol. The van der Waals surface area contributed by atoms with E-state index in [4.69, 9.17) is 16.6 Å². The van der Waals surface area contributed by atoms with Gasteiger partial charge in [-0.2, -0.15) is 0 Å². The van der Waals surface area contributed by atoms with Crippen LogP contribution in [0.2, 0.25) is 5.02 Å². The molecule has 0 saturated carbocycles. The fraction of sp³-hybridized carbons (Fsp3) is 0.333. The highest BCUT2D eigenvalue weighted by Crippen LogP contribution is 2.20. The number of carbonyl (C=O) groups excluding carboxylic acids is 1. The summed E-state index contributed by atoms with van der Waals surface area (Å²) in [7, 11) is 0. The van der Waals surface area contributed by atoms with Crippen LogP contribution in [0.1, 0.15) is 10.6 Å². The molecule has 7 heteroatoms. The Labute approximate surface area is 173 Å². The Morgan fingerprint density at radius 1 is 1.04 bits per heavy atom. The molecular weight excluding hydrogens is 392 g/mol. The average molecular weight is 417 g/mol. The number of thiazole rings is 1. The average Bonchev–Trinajstić information content (AvgIpc) is 3.11. The zero-order valence-electron chi connectivity index (χ0n) is 15.7. The SMILES string of the molecule is O=C(C[NH+]1CC[NH+](Cc2nc3ccccc3s2)CC1)NCc1ccc(Cl)cc1. The van der Waals surface area contributed by atoms with Gasteiger partial charge in [0.2, 0.25) is 0 Å². The lowest BCUT2D eigenvalue weighted by molar-refractivity contribution is -1.02. The number of halogens is 1. The predicted octanol–water partition coefficient (Wildman–Crippen LogP) is 0.550. The van der Waals surface area contributed by atoms with E-state index in [-0.39, 0.29) is 5.91 Å². The molecular formula is C21H25ClN4OS+2. The maximum atomic E-state index is 12.3. The third kappa shape index (κ3) is 5.08. The molecule has 3 aromatic rings. The second kappa shape index (κ2) is 9.01. The van der Waals surface area contributed by atoms with Gasteiger partial charge in [0.15, 0.2) is 6.54 Å². The van der Waals surface area contributed by atoms with Crippen LogP contribution in [0.25, 0.3) is 10.2 Å². The van der Waals surface area contributed by atoms with Gasteiger partial charge in [-0.25, -0.2) is 4.98 Å². The molecule has 0 bridgehead atoms. The summed E-state index contributed by atoms with van der Waals surface area (Å²) < 4.78 is 1.26. The smallest absolute Gasteiger partial charge is 0.275 e. The zero-order chi connectivity index (χ0) is 19.3. The van der Waals surface area contributed by atoms with E-state index >= 15 is 0 Å². The van der Waals surface area contributed by atoms with Crippen LogP contribution >= 0.6 is 22.9 Å². The molecule has 1 fully saturated rings. The number of carbonyl (C=O) groups is 1. The molecule has 5 nitrogen and oxygen atoms in total. The van der Waals surface area contributed by atoms with Gasteiger partial charge in [-0.15, -0.1) is 11.3 Å².